The molecule has 0 spiro atoms. The third kappa shape index (κ3) is 3.08. The second-order valence-corrected chi connectivity index (χ2v) is 5.14. The van der Waals surface area contributed by atoms with Crippen molar-refractivity contribution in [2.45, 2.75) is 0 Å². The molecule has 1 aromatic heterocycles. The van der Waals surface area contributed by atoms with Crippen LogP contribution in [0, 0.1) is 5.82 Å². The summed E-state index contributed by atoms with van der Waals surface area (Å²) in [6.07, 6.45) is 1.27. The number of rotatable bonds is 4. The Labute approximate surface area is 138 Å². The summed E-state index contributed by atoms with van der Waals surface area (Å²) < 4.78 is 13.1. The number of nitrogens with zero attached hydrogens (tertiary/aromatic N) is 3. The number of aromatic carboxylic acids is 1. The van der Waals surface area contributed by atoms with Crippen LogP contribution in [-0.4, -0.2) is 28.1 Å². The minimum atomic E-state index is -1.11. The number of halogens is 1. The number of carboxylic acid groups (broad SMARTS) is 1. The average Bonchev–Trinajstić information content (AvgIpc) is 2.62. The molecule has 0 unspecified atom stereocenters. The van der Waals surface area contributed by atoms with E-state index in [-0.39, 0.29) is 17.2 Å². The molecule has 0 bridgehead atoms. The largest absolute Gasteiger partial charge is 0.477 e. The Hall–Kier alpha value is -3.28. The lowest BCUT2D eigenvalue weighted by Gasteiger charge is -2.20. The Kier molecular flexibility index (Phi) is 4.20. The van der Waals surface area contributed by atoms with Crippen molar-refractivity contribution >= 4 is 17.5 Å². The van der Waals surface area contributed by atoms with Gasteiger partial charge in [0.2, 0.25) is 0 Å². The smallest absolute Gasteiger partial charge is 0.341 e. The number of benzene rings is 2. The van der Waals surface area contributed by atoms with E-state index < -0.39 is 5.97 Å². The molecule has 0 aliphatic rings. The van der Waals surface area contributed by atoms with E-state index in [2.05, 4.69) is 9.97 Å². The van der Waals surface area contributed by atoms with Gasteiger partial charge in [-0.3, -0.25) is 0 Å². The van der Waals surface area contributed by atoms with Crippen molar-refractivity contribution in [2.75, 3.05) is 11.9 Å². The van der Waals surface area contributed by atoms with Crippen LogP contribution >= 0.6 is 0 Å². The van der Waals surface area contributed by atoms with E-state index in [9.17, 15) is 14.3 Å². The maximum Gasteiger partial charge on any atom is 0.341 e. The van der Waals surface area contributed by atoms with E-state index in [1.165, 1.54) is 18.3 Å². The van der Waals surface area contributed by atoms with Crippen LogP contribution in [0.1, 0.15) is 10.4 Å². The van der Waals surface area contributed by atoms with Gasteiger partial charge in [-0.25, -0.2) is 19.2 Å². The van der Waals surface area contributed by atoms with Gasteiger partial charge in [-0.15, -0.1) is 0 Å². The van der Waals surface area contributed by atoms with Crippen LogP contribution in [0.25, 0.3) is 11.4 Å². The second-order valence-electron chi connectivity index (χ2n) is 5.14. The molecule has 0 aliphatic carbocycles. The monoisotopic (exact) mass is 323 g/mol. The fourth-order valence-electron chi connectivity index (χ4n) is 2.29. The summed E-state index contributed by atoms with van der Waals surface area (Å²) in [5.74, 6) is -0.873. The van der Waals surface area contributed by atoms with Crippen LogP contribution in [0.2, 0.25) is 0 Å². The first-order chi connectivity index (χ1) is 11.6. The van der Waals surface area contributed by atoms with Crippen molar-refractivity contribution in [2.24, 2.45) is 0 Å². The lowest BCUT2D eigenvalue weighted by molar-refractivity contribution is 0.0697. The number of carbonyl (C=O) groups is 1. The molecule has 6 heteroatoms. The average molecular weight is 323 g/mol. The van der Waals surface area contributed by atoms with Gasteiger partial charge in [-0.2, -0.15) is 0 Å². The first kappa shape index (κ1) is 15.6. The molecular weight excluding hydrogens is 309 g/mol. The summed E-state index contributed by atoms with van der Waals surface area (Å²) in [6.45, 7) is 0. The normalized spacial score (nSPS) is 10.4. The minimum Gasteiger partial charge on any atom is -0.477 e. The molecule has 0 fully saturated rings. The molecule has 2 aromatic carbocycles. The Morgan fingerprint density at radius 2 is 1.75 bits per heavy atom. The quantitative estimate of drug-likeness (QED) is 0.792. The van der Waals surface area contributed by atoms with E-state index in [4.69, 9.17) is 0 Å². The highest BCUT2D eigenvalue weighted by Gasteiger charge is 2.18. The van der Waals surface area contributed by atoms with Crippen molar-refractivity contribution in [1.82, 2.24) is 9.97 Å². The topological polar surface area (TPSA) is 66.3 Å². The number of para-hydroxylation sites is 1. The number of anilines is 2. The van der Waals surface area contributed by atoms with E-state index in [1.807, 2.05) is 30.3 Å². The van der Waals surface area contributed by atoms with Crippen molar-refractivity contribution in [1.29, 1.82) is 0 Å². The standard InChI is InChI=1S/C18H14FN3O2/c1-22(14-5-3-2-4-6-14)17-15(18(23)24)11-20-16(21-17)12-7-9-13(19)10-8-12/h2-11H,1H3,(H,23,24). The number of hydrogen-bond donors (Lipinski definition) is 1. The van der Waals surface area contributed by atoms with Gasteiger partial charge in [0.1, 0.15) is 11.4 Å². The maximum absolute atomic E-state index is 13.1. The summed E-state index contributed by atoms with van der Waals surface area (Å²) >= 11 is 0. The van der Waals surface area contributed by atoms with Gasteiger partial charge in [0.25, 0.3) is 0 Å². The number of hydrogen-bond acceptors (Lipinski definition) is 4. The molecular formula is C18H14FN3O2. The SMILES string of the molecule is CN(c1ccccc1)c1nc(-c2ccc(F)cc2)ncc1C(=O)O. The van der Waals surface area contributed by atoms with Gasteiger partial charge >= 0.3 is 5.97 Å². The first-order valence-electron chi connectivity index (χ1n) is 7.21. The lowest BCUT2D eigenvalue weighted by atomic mass is 10.2. The second kappa shape index (κ2) is 6.45. The van der Waals surface area contributed by atoms with Gasteiger partial charge in [0, 0.05) is 24.5 Å². The Bertz CT molecular complexity index is 867. The van der Waals surface area contributed by atoms with Crippen LogP contribution in [0.15, 0.2) is 60.8 Å². The van der Waals surface area contributed by atoms with Gasteiger partial charge < -0.3 is 10.0 Å². The highest BCUT2D eigenvalue weighted by molar-refractivity contribution is 5.94. The van der Waals surface area contributed by atoms with Gasteiger partial charge in [-0.05, 0) is 36.4 Å². The summed E-state index contributed by atoms with van der Waals surface area (Å²) in [5.41, 5.74) is 1.40. The predicted molar refractivity (Wildman–Crippen MR) is 88.9 cm³/mol. The van der Waals surface area contributed by atoms with Gasteiger partial charge in [-0.1, -0.05) is 18.2 Å². The van der Waals surface area contributed by atoms with Crippen molar-refractivity contribution in [3.8, 4) is 11.4 Å². The molecule has 5 nitrogen and oxygen atoms in total. The fraction of sp³-hybridized carbons (Fsp3) is 0.0556. The minimum absolute atomic E-state index is 0.00721. The molecule has 0 aliphatic heterocycles. The van der Waals surface area contributed by atoms with Crippen LogP contribution in [0.4, 0.5) is 15.9 Å². The Morgan fingerprint density at radius 3 is 2.38 bits per heavy atom. The predicted octanol–water partition coefficient (Wildman–Crippen LogP) is 3.75. The summed E-state index contributed by atoms with van der Waals surface area (Å²) in [7, 11) is 1.73. The third-order valence-corrected chi connectivity index (χ3v) is 3.56. The zero-order chi connectivity index (χ0) is 17.1. The molecule has 1 heterocycles. The lowest BCUT2D eigenvalue weighted by Crippen LogP contribution is -2.17. The molecule has 0 saturated heterocycles. The molecule has 1 N–H and O–H groups in total. The van der Waals surface area contributed by atoms with E-state index >= 15 is 0 Å². The molecule has 3 aromatic rings. The van der Waals surface area contributed by atoms with Crippen LogP contribution in [0.3, 0.4) is 0 Å². The van der Waals surface area contributed by atoms with Crippen molar-refractivity contribution in [3.63, 3.8) is 0 Å². The Balaban J connectivity index is 2.10. The van der Waals surface area contributed by atoms with Crippen molar-refractivity contribution < 1.29 is 14.3 Å². The zero-order valence-corrected chi connectivity index (χ0v) is 12.8. The first-order valence-corrected chi connectivity index (χ1v) is 7.21. The van der Waals surface area contributed by atoms with Crippen molar-refractivity contribution in [3.05, 3.63) is 72.2 Å². The van der Waals surface area contributed by atoms with E-state index in [0.717, 1.165) is 5.69 Å². The van der Waals surface area contributed by atoms with Crippen LogP contribution in [-0.2, 0) is 0 Å². The molecule has 0 radical (unpaired) electrons. The fourth-order valence-corrected chi connectivity index (χ4v) is 2.29. The summed E-state index contributed by atoms with van der Waals surface area (Å²) in [5, 5.41) is 9.40. The molecule has 120 valence electrons. The van der Waals surface area contributed by atoms with E-state index in [0.29, 0.717) is 11.4 Å². The van der Waals surface area contributed by atoms with Gasteiger partial charge in [0.05, 0.1) is 0 Å². The van der Waals surface area contributed by atoms with E-state index in [1.54, 1.807) is 24.1 Å². The highest BCUT2D eigenvalue weighted by Crippen LogP contribution is 2.27. The molecule has 0 atom stereocenters. The molecule has 3 rings (SSSR count). The number of aromatic nitrogens is 2. The Morgan fingerprint density at radius 1 is 1.08 bits per heavy atom. The molecule has 0 saturated carbocycles. The molecule has 0 amide bonds. The maximum atomic E-state index is 13.1. The summed E-state index contributed by atoms with van der Waals surface area (Å²) in [4.78, 5) is 21.6. The third-order valence-electron chi connectivity index (χ3n) is 3.56. The zero-order valence-electron chi connectivity index (χ0n) is 12.8. The highest BCUT2D eigenvalue weighted by atomic mass is 19.1. The summed E-state index contributed by atoms with van der Waals surface area (Å²) in [6, 6.07) is 15.0. The van der Waals surface area contributed by atoms with Crippen LogP contribution in [0.5, 0.6) is 0 Å². The number of carboxylic acids is 1. The van der Waals surface area contributed by atoms with Crippen LogP contribution < -0.4 is 4.90 Å². The van der Waals surface area contributed by atoms with Gasteiger partial charge in [0.15, 0.2) is 11.6 Å². The molecule has 24 heavy (non-hydrogen) atoms.